The minimum Gasteiger partial charge on any atom is -0.490 e. The molecule has 3 aromatic rings. The summed E-state index contributed by atoms with van der Waals surface area (Å²) in [5, 5.41) is 7.21. The van der Waals surface area contributed by atoms with E-state index in [1.807, 2.05) is 18.4 Å². The molecule has 2 aromatic carbocycles. The fourth-order valence-electron chi connectivity index (χ4n) is 2.56. The van der Waals surface area contributed by atoms with E-state index in [4.69, 9.17) is 21.1 Å². The van der Waals surface area contributed by atoms with E-state index < -0.39 is 0 Å². The van der Waals surface area contributed by atoms with Crippen LogP contribution in [0.2, 0.25) is 5.02 Å². The molecular formula is C22H23ClFN3O2S. The van der Waals surface area contributed by atoms with E-state index in [1.165, 1.54) is 23.5 Å². The van der Waals surface area contributed by atoms with Crippen LogP contribution in [0.4, 0.5) is 9.52 Å². The summed E-state index contributed by atoms with van der Waals surface area (Å²) in [4.78, 5) is 4.46. The van der Waals surface area contributed by atoms with Crippen molar-refractivity contribution in [3.63, 3.8) is 0 Å². The average molecular weight is 448 g/mol. The zero-order valence-corrected chi connectivity index (χ0v) is 18.6. The predicted octanol–water partition coefficient (Wildman–Crippen LogP) is 6.48. The molecule has 158 valence electrons. The summed E-state index contributed by atoms with van der Waals surface area (Å²) in [5.41, 5.74) is 5.27. The Kier molecular flexibility index (Phi) is 7.65. The smallest absolute Gasteiger partial charge is 0.203 e. The molecule has 5 nitrogen and oxygen atoms in total. The first-order valence-electron chi connectivity index (χ1n) is 9.56. The minimum absolute atomic E-state index is 0.275. The number of anilines is 1. The maximum Gasteiger partial charge on any atom is 0.203 e. The fourth-order valence-corrected chi connectivity index (χ4v) is 3.50. The molecule has 0 aliphatic rings. The Bertz CT molecular complexity index is 1010. The molecule has 0 amide bonds. The van der Waals surface area contributed by atoms with Crippen LogP contribution in [0.15, 0.2) is 46.9 Å². The van der Waals surface area contributed by atoms with Gasteiger partial charge in [-0.25, -0.2) is 9.37 Å². The molecule has 0 bridgehead atoms. The molecular weight excluding hydrogens is 425 g/mol. The largest absolute Gasteiger partial charge is 0.490 e. The zero-order chi connectivity index (χ0) is 21.5. The van der Waals surface area contributed by atoms with Gasteiger partial charge < -0.3 is 9.47 Å². The van der Waals surface area contributed by atoms with Crippen molar-refractivity contribution in [2.45, 2.75) is 20.8 Å². The van der Waals surface area contributed by atoms with Crippen molar-refractivity contribution in [2.24, 2.45) is 11.0 Å². The van der Waals surface area contributed by atoms with Crippen LogP contribution in [0.3, 0.4) is 0 Å². The van der Waals surface area contributed by atoms with Gasteiger partial charge in [0.1, 0.15) is 5.82 Å². The zero-order valence-electron chi connectivity index (χ0n) is 17.0. The molecule has 1 heterocycles. The van der Waals surface area contributed by atoms with E-state index in [-0.39, 0.29) is 5.82 Å². The molecule has 30 heavy (non-hydrogen) atoms. The first kappa shape index (κ1) is 22.1. The fraction of sp³-hybridized carbons (Fsp3) is 0.273. The number of hydrazone groups is 1. The SMILES string of the molecule is CCOc1cc(/C=N\Nc2nc(-c3ccc(F)cc3)cs2)cc(Cl)c1OCC(C)C. The van der Waals surface area contributed by atoms with Gasteiger partial charge >= 0.3 is 0 Å². The molecule has 3 rings (SSSR count). The molecule has 0 saturated carbocycles. The number of hydrogen-bond donors (Lipinski definition) is 1. The van der Waals surface area contributed by atoms with E-state index in [0.717, 1.165) is 16.8 Å². The standard InChI is InChI=1S/C22H23ClFN3O2S/c1-4-28-20-10-15(9-18(23)21(20)29-12-14(2)3)11-25-27-22-26-19(13-30-22)16-5-7-17(24)8-6-16/h5-11,13-14H,4,12H2,1-3H3,(H,26,27)/b25-11-. The van der Waals surface area contributed by atoms with Crippen LogP contribution in [0.25, 0.3) is 11.3 Å². The Morgan fingerprint density at radius 2 is 2.00 bits per heavy atom. The summed E-state index contributed by atoms with van der Waals surface area (Å²) in [6, 6.07) is 9.82. The maximum absolute atomic E-state index is 13.1. The summed E-state index contributed by atoms with van der Waals surface area (Å²) in [7, 11) is 0. The first-order chi connectivity index (χ1) is 14.5. The van der Waals surface area contributed by atoms with E-state index in [9.17, 15) is 4.39 Å². The number of hydrogen-bond acceptors (Lipinski definition) is 6. The summed E-state index contributed by atoms with van der Waals surface area (Å²) < 4.78 is 24.6. The number of thiazole rings is 1. The lowest BCUT2D eigenvalue weighted by molar-refractivity contribution is 0.248. The number of rotatable bonds is 9. The Hall–Kier alpha value is -2.64. The number of nitrogens with one attached hydrogen (secondary N) is 1. The van der Waals surface area contributed by atoms with Crippen molar-refractivity contribution >= 4 is 34.3 Å². The van der Waals surface area contributed by atoms with Crippen LogP contribution in [0.5, 0.6) is 11.5 Å². The third kappa shape index (κ3) is 5.93. The van der Waals surface area contributed by atoms with Gasteiger partial charge in [-0.2, -0.15) is 5.10 Å². The number of nitrogens with zero attached hydrogens (tertiary/aromatic N) is 2. The molecule has 1 N–H and O–H groups in total. The van der Waals surface area contributed by atoms with Gasteiger partial charge in [0.2, 0.25) is 5.13 Å². The second-order valence-electron chi connectivity index (χ2n) is 6.88. The predicted molar refractivity (Wildman–Crippen MR) is 122 cm³/mol. The number of benzene rings is 2. The molecule has 0 fully saturated rings. The van der Waals surface area contributed by atoms with Crippen molar-refractivity contribution in [3.8, 4) is 22.8 Å². The number of aromatic nitrogens is 1. The summed E-state index contributed by atoms with van der Waals surface area (Å²) in [6.07, 6.45) is 1.64. The highest BCUT2D eigenvalue weighted by atomic mass is 35.5. The molecule has 0 aliphatic carbocycles. The summed E-state index contributed by atoms with van der Waals surface area (Å²) >= 11 is 7.82. The van der Waals surface area contributed by atoms with E-state index >= 15 is 0 Å². The highest BCUT2D eigenvalue weighted by Gasteiger charge is 2.13. The minimum atomic E-state index is -0.275. The Morgan fingerprint density at radius 3 is 2.70 bits per heavy atom. The van der Waals surface area contributed by atoms with E-state index in [2.05, 4.69) is 29.4 Å². The lowest BCUT2D eigenvalue weighted by atomic mass is 10.2. The third-order valence-electron chi connectivity index (χ3n) is 3.91. The topological polar surface area (TPSA) is 55.7 Å². The quantitative estimate of drug-likeness (QED) is 0.301. The highest BCUT2D eigenvalue weighted by Crippen LogP contribution is 2.36. The van der Waals surface area contributed by atoms with Crippen LogP contribution < -0.4 is 14.9 Å². The van der Waals surface area contributed by atoms with Gasteiger partial charge in [-0.1, -0.05) is 25.4 Å². The second-order valence-corrected chi connectivity index (χ2v) is 8.15. The molecule has 0 atom stereocenters. The lowest BCUT2D eigenvalue weighted by Crippen LogP contribution is -2.07. The number of ether oxygens (including phenoxy) is 2. The Balaban J connectivity index is 1.70. The molecule has 0 unspecified atom stereocenters. The van der Waals surface area contributed by atoms with E-state index in [0.29, 0.717) is 40.8 Å². The van der Waals surface area contributed by atoms with Crippen molar-refractivity contribution in [2.75, 3.05) is 18.6 Å². The Morgan fingerprint density at radius 1 is 1.23 bits per heavy atom. The highest BCUT2D eigenvalue weighted by molar-refractivity contribution is 7.14. The maximum atomic E-state index is 13.1. The van der Waals surface area contributed by atoms with Crippen LogP contribution in [-0.2, 0) is 0 Å². The van der Waals surface area contributed by atoms with Gasteiger partial charge in [0.15, 0.2) is 11.5 Å². The Labute approximate surface area is 184 Å². The van der Waals surface area contributed by atoms with Crippen LogP contribution in [0.1, 0.15) is 26.3 Å². The van der Waals surface area contributed by atoms with Crippen molar-refractivity contribution in [1.29, 1.82) is 0 Å². The molecule has 8 heteroatoms. The first-order valence-corrected chi connectivity index (χ1v) is 10.8. The monoisotopic (exact) mass is 447 g/mol. The average Bonchev–Trinajstić information content (AvgIpc) is 3.17. The van der Waals surface area contributed by atoms with Crippen LogP contribution in [0, 0.1) is 11.7 Å². The molecule has 0 spiro atoms. The van der Waals surface area contributed by atoms with Crippen molar-refractivity contribution < 1.29 is 13.9 Å². The molecule has 0 aliphatic heterocycles. The van der Waals surface area contributed by atoms with Gasteiger partial charge in [-0.05, 0) is 54.8 Å². The second kappa shape index (κ2) is 10.4. The lowest BCUT2D eigenvalue weighted by Gasteiger charge is -2.15. The van der Waals surface area contributed by atoms with E-state index in [1.54, 1.807) is 24.4 Å². The van der Waals surface area contributed by atoms with Gasteiger partial charge in [-0.15, -0.1) is 11.3 Å². The number of halogens is 2. The van der Waals surface area contributed by atoms with Gasteiger partial charge in [-0.3, -0.25) is 5.43 Å². The summed E-state index contributed by atoms with van der Waals surface area (Å²) in [5.74, 6) is 1.22. The summed E-state index contributed by atoms with van der Waals surface area (Å²) in [6.45, 7) is 7.10. The molecule has 1 aromatic heterocycles. The van der Waals surface area contributed by atoms with Gasteiger partial charge in [0, 0.05) is 10.9 Å². The van der Waals surface area contributed by atoms with Gasteiger partial charge in [0.25, 0.3) is 0 Å². The van der Waals surface area contributed by atoms with Gasteiger partial charge in [0.05, 0.1) is 30.1 Å². The van der Waals surface area contributed by atoms with Crippen molar-refractivity contribution in [3.05, 3.63) is 58.2 Å². The normalized spacial score (nSPS) is 11.3. The molecule has 0 radical (unpaired) electrons. The third-order valence-corrected chi connectivity index (χ3v) is 4.94. The molecule has 0 saturated heterocycles. The van der Waals surface area contributed by atoms with Crippen LogP contribution >= 0.6 is 22.9 Å². The van der Waals surface area contributed by atoms with Crippen molar-refractivity contribution in [1.82, 2.24) is 4.98 Å². The van der Waals surface area contributed by atoms with Crippen LogP contribution in [-0.4, -0.2) is 24.4 Å².